The lowest BCUT2D eigenvalue weighted by Crippen LogP contribution is -2.18. The largest absolute Gasteiger partial charge is 0.308 e. The van der Waals surface area contributed by atoms with E-state index in [-0.39, 0.29) is 6.04 Å². The van der Waals surface area contributed by atoms with E-state index in [1.165, 1.54) is 5.56 Å². The molecule has 0 saturated carbocycles. The Morgan fingerprint density at radius 2 is 1.89 bits per heavy atom. The Morgan fingerprint density at radius 3 is 2.50 bits per heavy atom. The predicted octanol–water partition coefficient (Wildman–Crippen LogP) is 4.01. The van der Waals surface area contributed by atoms with Crippen molar-refractivity contribution in [1.29, 1.82) is 0 Å². The van der Waals surface area contributed by atoms with Gasteiger partial charge in [0.15, 0.2) is 0 Å². The summed E-state index contributed by atoms with van der Waals surface area (Å²) in [6.45, 7) is 2.05. The Hall–Kier alpha value is -1.09. The molecule has 1 atom stereocenters. The fraction of sp³-hybridized carbons (Fsp3) is 0.214. The molecule has 0 saturated heterocycles. The lowest BCUT2D eigenvalue weighted by Gasteiger charge is -2.17. The average Bonchev–Trinajstić information content (AvgIpc) is 2.35. The maximum absolute atomic E-state index is 6.05. The van der Waals surface area contributed by atoms with Gasteiger partial charge in [-0.3, -0.25) is 4.98 Å². The monoisotopic (exact) mass is 280 g/mol. The van der Waals surface area contributed by atoms with E-state index in [0.29, 0.717) is 10.0 Å². The lowest BCUT2D eigenvalue weighted by molar-refractivity contribution is 0.670. The molecule has 0 spiro atoms. The number of halogens is 2. The summed E-state index contributed by atoms with van der Waals surface area (Å²) in [5.41, 5.74) is 3.20. The van der Waals surface area contributed by atoms with Gasteiger partial charge in [-0.05, 0) is 49.4 Å². The van der Waals surface area contributed by atoms with Gasteiger partial charge in [0.2, 0.25) is 0 Å². The highest BCUT2D eigenvalue weighted by atomic mass is 35.5. The smallest absolute Gasteiger partial charge is 0.0749 e. The van der Waals surface area contributed by atoms with Gasteiger partial charge in [-0.25, -0.2) is 0 Å². The van der Waals surface area contributed by atoms with Crippen molar-refractivity contribution in [3.05, 3.63) is 63.4 Å². The molecule has 1 aromatic carbocycles. The molecule has 0 amide bonds. The quantitative estimate of drug-likeness (QED) is 0.919. The van der Waals surface area contributed by atoms with Crippen molar-refractivity contribution >= 4 is 23.2 Å². The second kappa shape index (κ2) is 5.70. The molecule has 0 radical (unpaired) electrons. The van der Waals surface area contributed by atoms with Crippen molar-refractivity contribution in [1.82, 2.24) is 10.3 Å². The number of nitrogens with one attached hydrogen (secondary N) is 1. The fourth-order valence-electron chi connectivity index (χ4n) is 1.89. The van der Waals surface area contributed by atoms with Gasteiger partial charge in [-0.15, -0.1) is 0 Å². The normalized spacial score (nSPS) is 12.4. The van der Waals surface area contributed by atoms with Crippen LogP contribution >= 0.6 is 23.2 Å². The van der Waals surface area contributed by atoms with Crippen LogP contribution in [-0.4, -0.2) is 12.0 Å². The predicted molar refractivity (Wildman–Crippen MR) is 76.3 cm³/mol. The molecule has 18 heavy (non-hydrogen) atoms. The highest BCUT2D eigenvalue weighted by Gasteiger charge is 2.14. The molecule has 1 heterocycles. The molecule has 0 aliphatic heterocycles. The molecule has 0 aliphatic carbocycles. The van der Waals surface area contributed by atoms with Crippen molar-refractivity contribution in [2.24, 2.45) is 0 Å². The molecule has 94 valence electrons. The molecule has 0 aliphatic rings. The van der Waals surface area contributed by atoms with Gasteiger partial charge < -0.3 is 5.32 Å². The minimum absolute atomic E-state index is 0.0136. The van der Waals surface area contributed by atoms with E-state index < -0.39 is 0 Å². The Bertz CT molecular complexity index is 555. The number of hydrogen-bond acceptors (Lipinski definition) is 2. The molecule has 0 bridgehead atoms. The Labute approximate surface area is 117 Å². The second-order valence-electron chi connectivity index (χ2n) is 4.15. The van der Waals surface area contributed by atoms with Crippen molar-refractivity contribution < 1.29 is 0 Å². The van der Waals surface area contributed by atoms with E-state index in [1.54, 1.807) is 6.07 Å². The molecular formula is C14H14Cl2N2. The van der Waals surface area contributed by atoms with Gasteiger partial charge in [-0.1, -0.05) is 29.3 Å². The first-order valence-electron chi connectivity index (χ1n) is 5.66. The first-order chi connectivity index (χ1) is 8.61. The lowest BCUT2D eigenvalue weighted by atomic mass is 10.0. The van der Waals surface area contributed by atoms with Crippen molar-refractivity contribution in [3.8, 4) is 0 Å². The maximum Gasteiger partial charge on any atom is 0.0749 e. The fourth-order valence-corrected chi connectivity index (χ4v) is 2.20. The van der Waals surface area contributed by atoms with E-state index >= 15 is 0 Å². The standard InChI is InChI=1S/C14H14Cl2N2/c1-9-5-6-18-13(7-9)14(17-2)10-3-4-11(15)12(16)8-10/h3-8,14,17H,1-2H3. The number of aromatic nitrogens is 1. The van der Waals surface area contributed by atoms with Crippen LogP contribution in [0.3, 0.4) is 0 Å². The molecular weight excluding hydrogens is 267 g/mol. The first-order valence-corrected chi connectivity index (χ1v) is 6.42. The van der Waals surface area contributed by atoms with Crippen molar-refractivity contribution in [3.63, 3.8) is 0 Å². The van der Waals surface area contributed by atoms with Crippen LogP contribution in [0.15, 0.2) is 36.5 Å². The number of benzene rings is 1. The topological polar surface area (TPSA) is 24.9 Å². The van der Waals surface area contributed by atoms with E-state index in [0.717, 1.165) is 11.3 Å². The van der Waals surface area contributed by atoms with E-state index in [4.69, 9.17) is 23.2 Å². The third-order valence-electron chi connectivity index (χ3n) is 2.80. The zero-order valence-corrected chi connectivity index (χ0v) is 11.8. The van der Waals surface area contributed by atoms with Crippen LogP contribution < -0.4 is 5.32 Å². The van der Waals surface area contributed by atoms with Gasteiger partial charge >= 0.3 is 0 Å². The minimum atomic E-state index is 0.0136. The van der Waals surface area contributed by atoms with Gasteiger partial charge in [-0.2, -0.15) is 0 Å². The van der Waals surface area contributed by atoms with Crippen LogP contribution in [0, 0.1) is 6.92 Å². The zero-order valence-electron chi connectivity index (χ0n) is 10.2. The molecule has 1 N–H and O–H groups in total. The van der Waals surface area contributed by atoms with Crippen LogP contribution in [0.1, 0.15) is 22.9 Å². The van der Waals surface area contributed by atoms with Crippen LogP contribution in [0.4, 0.5) is 0 Å². The van der Waals surface area contributed by atoms with Gasteiger partial charge in [0, 0.05) is 6.20 Å². The highest BCUT2D eigenvalue weighted by Crippen LogP contribution is 2.28. The van der Waals surface area contributed by atoms with Gasteiger partial charge in [0.1, 0.15) is 0 Å². The van der Waals surface area contributed by atoms with E-state index in [9.17, 15) is 0 Å². The summed E-state index contributed by atoms with van der Waals surface area (Å²) >= 11 is 12.0. The van der Waals surface area contributed by atoms with Crippen LogP contribution in [0.5, 0.6) is 0 Å². The summed E-state index contributed by atoms with van der Waals surface area (Å²) in [5, 5.41) is 4.36. The molecule has 0 fully saturated rings. The Balaban J connectivity index is 2.42. The summed E-state index contributed by atoms with van der Waals surface area (Å²) in [7, 11) is 1.90. The first kappa shape index (κ1) is 13.3. The highest BCUT2D eigenvalue weighted by molar-refractivity contribution is 6.42. The van der Waals surface area contributed by atoms with Crippen molar-refractivity contribution in [2.75, 3.05) is 7.05 Å². The second-order valence-corrected chi connectivity index (χ2v) is 4.97. The molecule has 1 unspecified atom stereocenters. The third kappa shape index (κ3) is 2.83. The maximum atomic E-state index is 6.05. The summed E-state index contributed by atoms with van der Waals surface area (Å²) in [5.74, 6) is 0. The van der Waals surface area contributed by atoms with Gasteiger partial charge in [0.05, 0.1) is 21.8 Å². The summed E-state index contributed by atoms with van der Waals surface area (Å²) < 4.78 is 0. The zero-order chi connectivity index (χ0) is 13.1. The van der Waals surface area contributed by atoms with Crippen molar-refractivity contribution in [2.45, 2.75) is 13.0 Å². The number of rotatable bonds is 3. The number of hydrogen-bond donors (Lipinski definition) is 1. The third-order valence-corrected chi connectivity index (χ3v) is 3.54. The SMILES string of the molecule is CNC(c1ccc(Cl)c(Cl)c1)c1cc(C)ccn1. The molecule has 4 heteroatoms. The summed E-state index contributed by atoms with van der Waals surface area (Å²) in [6.07, 6.45) is 1.81. The molecule has 2 aromatic rings. The van der Waals surface area contributed by atoms with Crippen LogP contribution in [-0.2, 0) is 0 Å². The Morgan fingerprint density at radius 1 is 1.11 bits per heavy atom. The van der Waals surface area contributed by atoms with E-state index in [1.807, 2.05) is 38.4 Å². The molecule has 1 aromatic heterocycles. The summed E-state index contributed by atoms with van der Waals surface area (Å²) in [6, 6.07) is 9.68. The molecule has 2 rings (SSSR count). The van der Waals surface area contributed by atoms with Crippen LogP contribution in [0.25, 0.3) is 0 Å². The van der Waals surface area contributed by atoms with E-state index in [2.05, 4.69) is 16.4 Å². The molecule has 2 nitrogen and oxygen atoms in total. The number of aryl methyl sites for hydroxylation is 1. The number of pyridine rings is 1. The summed E-state index contributed by atoms with van der Waals surface area (Å²) in [4.78, 5) is 4.40. The number of nitrogens with zero attached hydrogens (tertiary/aromatic N) is 1. The Kier molecular flexibility index (Phi) is 4.23. The van der Waals surface area contributed by atoms with Crippen LogP contribution in [0.2, 0.25) is 10.0 Å². The van der Waals surface area contributed by atoms with Gasteiger partial charge in [0.25, 0.3) is 0 Å². The minimum Gasteiger partial charge on any atom is -0.308 e. The average molecular weight is 281 g/mol.